The highest BCUT2D eigenvalue weighted by Gasteiger charge is 2.12. The van der Waals surface area contributed by atoms with Crippen LogP contribution in [0.1, 0.15) is 14.9 Å². The summed E-state index contributed by atoms with van der Waals surface area (Å²) in [5, 5.41) is 5.88. The molecule has 39 heavy (non-hydrogen) atoms. The average molecular weight is 581 g/mol. The Hall–Kier alpha value is -2.57. The number of hydrogen-bond acceptors (Lipinski definition) is 14. The van der Waals surface area contributed by atoms with Crippen LogP contribution in [0, 0.1) is 11.6 Å². The van der Waals surface area contributed by atoms with E-state index in [9.17, 15) is 8.78 Å². The van der Waals surface area contributed by atoms with Crippen molar-refractivity contribution >= 4 is 29.2 Å². The smallest absolute Gasteiger partial charge is 0.239 e. The monoisotopic (exact) mass is 580 g/mol. The van der Waals surface area contributed by atoms with Gasteiger partial charge in [-0.15, -0.1) is 0 Å². The zero-order chi connectivity index (χ0) is 26.9. The molecule has 2 aliphatic heterocycles. The van der Waals surface area contributed by atoms with Crippen LogP contribution in [0.5, 0.6) is 0 Å². The topological polar surface area (TPSA) is 191 Å². The number of nitrogens with zero attached hydrogens (tertiary/aromatic N) is 6. The summed E-state index contributed by atoms with van der Waals surface area (Å²) in [4.78, 5) is 19.4. The summed E-state index contributed by atoms with van der Waals surface area (Å²) >= 11 is 5.59. The lowest BCUT2D eigenvalue weighted by atomic mass is 10.4. The van der Waals surface area contributed by atoms with Crippen LogP contribution < -0.4 is 33.6 Å². The number of nitrogen functional groups attached to an aromatic ring is 1. The molecule has 2 aromatic rings. The fourth-order valence-electron chi connectivity index (χ4n) is 3.34. The van der Waals surface area contributed by atoms with Crippen molar-refractivity contribution in [1.82, 2.24) is 29.7 Å². The van der Waals surface area contributed by atoms with E-state index in [2.05, 4.69) is 57.5 Å². The zero-order valence-corrected chi connectivity index (χ0v) is 21.3. The zero-order valence-electron chi connectivity index (χ0n) is 20.5. The number of morpholine rings is 2. The van der Waals surface area contributed by atoms with E-state index in [0.717, 1.165) is 78.1 Å². The van der Waals surface area contributed by atoms with Crippen molar-refractivity contribution in [3.63, 3.8) is 0 Å². The molecule has 14 nitrogen and oxygen atoms in total. The molecule has 4 heterocycles. The van der Waals surface area contributed by atoms with Crippen molar-refractivity contribution in [2.75, 3.05) is 94.8 Å². The van der Waals surface area contributed by atoms with Gasteiger partial charge in [-0.2, -0.15) is 9.97 Å². The van der Waals surface area contributed by atoms with Gasteiger partial charge in [0, 0.05) is 52.4 Å². The first kappa shape index (κ1) is 36.4. The Morgan fingerprint density at radius 3 is 1.69 bits per heavy atom. The Morgan fingerprint density at radius 1 is 0.795 bits per heavy atom. The maximum Gasteiger partial charge on any atom is 0.239 e. The van der Waals surface area contributed by atoms with Crippen molar-refractivity contribution in [1.29, 1.82) is 0 Å². The molecule has 0 aliphatic carbocycles. The average Bonchev–Trinajstić information content (AvgIpc) is 2.94. The van der Waals surface area contributed by atoms with E-state index >= 15 is 0 Å². The van der Waals surface area contributed by atoms with Gasteiger partial charge in [-0.25, -0.2) is 24.6 Å². The number of nitrogens with one attached hydrogen (secondary N) is 3. The van der Waals surface area contributed by atoms with E-state index in [-0.39, 0.29) is 37.7 Å². The highest BCUT2D eigenvalue weighted by atomic mass is 35.5. The van der Waals surface area contributed by atoms with Gasteiger partial charge in [0.15, 0.2) is 23.3 Å². The van der Waals surface area contributed by atoms with Crippen LogP contribution >= 0.6 is 11.6 Å². The Labute approximate surface area is 233 Å². The van der Waals surface area contributed by atoms with Crippen LogP contribution in [0.25, 0.3) is 0 Å². The largest absolute Gasteiger partial charge is 0.379 e. The minimum absolute atomic E-state index is 0. The van der Waals surface area contributed by atoms with E-state index < -0.39 is 11.6 Å². The van der Waals surface area contributed by atoms with Gasteiger partial charge in [-0.05, 0) is 11.6 Å². The third kappa shape index (κ3) is 13.9. The van der Waals surface area contributed by atoms with Crippen LogP contribution in [-0.2, 0) is 9.47 Å². The quantitative estimate of drug-likeness (QED) is 0.138. The Bertz CT molecular complexity index is 909. The summed E-state index contributed by atoms with van der Waals surface area (Å²) < 4.78 is 37.1. The Kier molecular flexibility index (Phi) is 19.9. The summed E-state index contributed by atoms with van der Waals surface area (Å²) in [6.07, 6.45) is 2.14. The number of nitrogens with two attached hydrogens (primary N) is 3. The first-order valence-electron chi connectivity index (χ1n) is 11.6. The fraction of sp³-hybridized carbons (Fsp3) is 0.636. The van der Waals surface area contributed by atoms with Gasteiger partial charge in [0.25, 0.3) is 0 Å². The molecule has 0 saturated carbocycles. The third-order valence-corrected chi connectivity index (χ3v) is 5.42. The predicted molar refractivity (Wildman–Crippen MR) is 150 cm³/mol. The van der Waals surface area contributed by atoms with Crippen molar-refractivity contribution in [2.24, 2.45) is 17.5 Å². The molecule has 2 saturated heterocycles. The SMILES string of the molecule is C.C.Fc1cnc(Cl)nc1NCCN1CCOCC1.NN.NNc1ncc(F)c(NCCN2CCOCC2)n1. The number of anilines is 3. The molecular formula is C22H43ClF2N12O2. The molecule has 224 valence electrons. The van der Waals surface area contributed by atoms with Gasteiger partial charge in [0.05, 0.1) is 38.8 Å². The van der Waals surface area contributed by atoms with Gasteiger partial charge < -0.3 is 20.1 Å². The van der Waals surface area contributed by atoms with Gasteiger partial charge in [0.1, 0.15) is 0 Å². The number of hydrogen-bond donors (Lipinski definition) is 6. The molecule has 17 heteroatoms. The molecule has 0 atom stereocenters. The van der Waals surface area contributed by atoms with Crippen molar-refractivity contribution < 1.29 is 18.3 Å². The van der Waals surface area contributed by atoms with Crippen LogP contribution in [0.2, 0.25) is 5.28 Å². The first-order chi connectivity index (χ1) is 18.0. The fourth-order valence-corrected chi connectivity index (χ4v) is 3.48. The molecule has 2 fully saturated rings. The number of rotatable bonds is 9. The lowest BCUT2D eigenvalue weighted by molar-refractivity contribution is 0.0398. The third-order valence-electron chi connectivity index (χ3n) is 5.24. The summed E-state index contributed by atoms with van der Waals surface area (Å²) in [7, 11) is 0. The summed E-state index contributed by atoms with van der Waals surface area (Å²) in [6, 6.07) is 0. The number of aromatic nitrogens is 4. The van der Waals surface area contributed by atoms with Crippen LogP contribution in [0.15, 0.2) is 12.4 Å². The first-order valence-corrected chi connectivity index (χ1v) is 12.0. The molecule has 4 rings (SSSR count). The van der Waals surface area contributed by atoms with Crippen LogP contribution in [-0.4, -0.2) is 109 Å². The number of halogens is 3. The molecule has 2 aliphatic rings. The number of hydrazine groups is 2. The number of ether oxygens (including phenoxy) is 2. The molecule has 0 bridgehead atoms. The van der Waals surface area contributed by atoms with Crippen LogP contribution in [0.3, 0.4) is 0 Å². The molecule has 0 unspecified atom stereocenters. The molecule has 0 spiro atoms. The maximum absolute atomic E-state index is 13.4. The normalized spacial score (nSPS) is 15.2. The van der Waals surface area contributed by atoms with Gasteiger partial charge in [-0.3, -0.25) is 26.9 Å². The highest BCUT2D eigenvalue weighted by Crippen LogP contribution is 2.12. The van der Waals surface area contributed by atoms with Crippen molar-refractivity contribution in [3.8, 4) is 0 Å². The second-order valence-electron chi connectivity index (χ2n) is 7.63. The van der Waals surface area contributed by atoms with E-state index in [4.69, 9.17) is 26.9 Å². The molecular weight excluding hydrogens is 538 g/mol. The highest BCUT2D eigenvalue weighted by molar-refractivity contribution is 6.28. The molecule has 0 aromatic carbocycles. The maximum atomic E-state index is 13.4. The molecule has 2 aromatic heterocycles. The molecule has 9 N–H and O–H groups in total. The lowest BCUT2D eigenvalue weighted by Crippen LogP contribution is -2.39. The minimum Gasteiger partial charge on any atom is -0.379 e. The summed E-state index contributed by atoms with van der Waals surface area (Å²) in [6.45, 7) is 9.52. The van der Waals surface area contributed by atoms with E-state index in [0.29, 0.717) is 13.1 Å². The predicted octanol–water partition coefficient (Wildman–Crippen LogP) is 0.750. The van der Waals surface area contributed by atoms with Crippen molar-refractivity contribution in [2.45, 2.75) is 14.9 Å². The Morgan fingerprint density at radius 2 is 1.23 bits per heavy atom. The van der Waals surface area contributed by atoms with E-state index in [1.807, 2.05) is 0 Å². The summed E-state index contributed by atoms with van der Waals surface area (Å²) in [5.41, 5.74) is 2.28. The second-order valence-corrected chi connectivity index (χ2v) is 7.97. The summed E-state index contributed by atoms with van der Waals surface area (Å²) in [5.74, 6) is 12.7. The Balaban J connectivity index is 0.000000665. The van der Waals surface area contributed by atoms with Crippen LogP contribution in [0.4, 0.5) is 26.4 Å². The van der Waals surface area contributed by atoms with Gasteiger partial charge in [0.2, 0.25) is 11.2 Å². The molecule has 0 amide bonds. The second kappa shape index (κ2) is 21.3. The van der Waals surface area contributed by atoms with Crippen molar-refractivity contribution in [3.05, 3.63) is 29.3 Å². The van der Waals surface area contributed by atoms with Gasteiger partial charge in [-0.1, -0.05) is 14.9 Å². The molecule has 0 radical (unpaired) electrons. The van der Waals surface area contributed by atoms with E-state index in [1.54, 1.807) is 0 Å². The standard InChI is InChI=1S/C10H14ClFN4O.C10H17FN6O.2CH4.H4N2/c11-10-14-7-8(12)9(15-10)13-1-2-16-3-5-17-6-4-16;11-8-7-14-10(16-12)15-9(8)13-1-2-17-3-5-18-6-4-17;;;1-2/h7H,1-6H2,(H,13,14,15);7H,1-6,12H2,(H2,13,14,15,16);2*1H4;1-2H2. The van der Waals surface area contributed by atoms with E-state index in [1.165, 1.54) is 0 Å². The van der Waals surface area contributed by atoms with Gasteiger partial charge >= 0.3 is 0 Å². The minimum atomic E-state index is -0.490. The lowest BCUT2D eigenvalue weighted by Gasteiger charge is -2.26.